The van der Waals surface area contributed by atoms with Crippen LogP contribution in [0.25, 0.3) is 5.53 Å². The fourth-order valence-corrected chi connectivity index (χ4v) is 2.01. The van der Waals surface area contributed by atoms with Crippen molar-refractivity contribution in [2.75, 3.05) is 32.3 Å². The van der Waals surface area contributed by atoms with Crippen LogP contribution >= 0.6 is 0 Å². The highest BCUT2D eigenvalue weighted by molar-refractivity contribution is 6.64. The maximum Gasteiger partial charge on any atom is 0.463 e. The second-order valence-corrected chi connectivity index (χ2v) is 4.84. The Hall–Kier alpha value is -2.70. The number of benzene rings is 1. The summed E-state index contributed by atoms with van der Waals surface area (Å²) in [6.45, 7) is 0.967. The van der Waals surface area contributed by atoms with Gasteiger partial charge >= 0.3 is 17.6 Å². The third-order valence-electron chi connectivity index (χ3n) is 3.39. The number of esters is 1. The van der Waals surface area contributed by atoms with E-state index in [0.717, 1.165) is 7.11 Å². The first-order valence-electron chi connectivity index (χ1n) is 6.98. The van der Waals surface area contributed by atoms with E-state index in [1.54, 1.807) is 24.3 Å². The molecule has 8 nitrogen and oxygen atoms in total. The van der Waals surface area contributed by atoms with Crippen molar-refractivity contribution in [2.45, 2.75) is 12.5 Å². The minimum Gasteiger partial charge on any atom is -0.497 e. The molecule has 23 heavy (non-hydrogen) atoms. The maximum atomic E-state index is 12.5. The summed E-state index contributed by atoms with van der Waals surface area (Å²) >= 11 is 0. The Bertz CT molecular complexity index is 633. The molecule has 8 heteroatoms. The Labute approximate surface area is 133 Å². The minimum absolute atomic E-state index is 0.108. The molecule has 1 aromatic rings. The van der Waals surface area contributed by atoms with Gasteiger partial charge in [-0.05, 0) is 30.7 Å². The molecule has 0 aromatic heterocycles. The Morgan fingerprint density at radius 2 is 2.00 bits per heavy atom. The molecule has 0 radical (unpaired) electrons. The molecule has 0 saturated carbocycles. The molecule has 0 bridgehead atoms. The van der Waals surface area contributed by atoms with E-state index in [4.69, 9.17) is 15.0 Å². The highest BCUT2D eigenvalue weighted by Gasteiger charge is 2.36. The molecule has 0 unspecified atom stereocenters. The summed E-state index contributed by atoms with van der Waals surface area (Å²) in [5.74, 6) is -1.11. The number of carbonyl (C=O) groups excluding carboxylic acids is 2. The summed E-state index contributed by atoms with van der Waals surface area (Å²) < 4.78 is 14.7. The predicted octanol–water partition coefficient (Wildman–Crippen LogP) is 0.661. The van der Waals surface area contributed by atoms with Crippen LogP contribution in [0.1, 0.15) is 6.42 Å². The SMILES string of the molecule is COC(=O)C(=[N+]=[N-])C(=O)N(CC[C@H]1CO1)c1ccc(OC)cc1. The van der Waals surface area contributed by atoms with Gasteiger partial charge in [-0.15, -0.1) is 0 Å². The van der Waals surface area contributed by atoms with Crippen LogP contribution in [0.3, 0.4) is 0 Å². The van der Waals surface area contributed by atoms with E-state index in [1.807, 2.05) is 0 Å². The van der Waals surface area contributed by atoms with Gasteiger partial charge in [0.1, 0.15) is 5.75 Å². The highest BCUT2D eigenvalue weighted by atomic mass is 16.6. The van der Waals surface area contributed by atoms with Crippen molar-refractivity contribution in [3.63, 3.8) is 0 Å². The smallest absolute Gasteiger partial charge is 0.463 e. The number of hydrogen-bond donors (Lipinski definition) is 0. The summed E-state index contributed by atoms with van der Waals surface area (Å²) in [7, 11) is 2.65. The number of ether oxygens (including phenoxy) is 3. The van der Waals surface area contributed by atoms with Crippen molar-refractivity contribution in [1.82, 2.24) is 0 Å². The summed E-state index contributed by atoms with van der Waals surface area (Å²) in [5, 5.41) is 0. The number of rotatable bonds is 7. The maximum absolute atomic E-state index is 12.5. The number of amides is 1. The number of epoxide rings is 1. The summed E-state index contributed by atoms with van der Waals surface area (Å²) in [6.07, 6.45) is 0.716. The monoisotopic (exact) mass is 319 g/mol. The van der Waals surface area contributed by atoms with Gasteiger partial charge in [-0.2, -0.15) is 4.79 Å². The molecule has 1 aliphatic rings. The van der Waals surface area contributed by atoms with Crippen LogP contribution in [0.2, 0.25) is 0 Å². The van der Waals surface area contributed by atoms with E-state index < -0.39 is 17.6 Å². The van der Waals surface area contributed by atoms with Crippen LogP contribution in [0.15, 0.2) is 24.3 Å². The molecule has 1 fully saturated rings. The Morgan fingerprint density at radius 3 is 2.48 bits per heavy atom. The third kappa shape index (κ3) is 4.15. The molecule has 0 spiro atoms. The fraction of sp³-hybridized carbons (Fsp3) is 0.400. The molecule has 1 saturated heterocycles. The summed E-state index contributed by atoms with van der Waals surface area (Å²) in [6, 6.07) is 6.74. The van der Waals surface area contributed by atoms with E-state index in [9.17, 15) is 9.59 Å². The molecule has 0 aliphatic carbocycles. The number of methoxy groups -OCH3 is 2. The zero-order valence-corrected chi connectivity index (χ0v) is 12.9. The first kappa shape index (κ1) is 16.7. The van der Waals surface area contributed by atoms with Crippen molar-refractivity contribution in [3.8, 4) is 5.75 Å². The Morgan fingerprint density at radius 1 is 1.35 bits per heavy atom. The summed E-state index contributed by atoms with van der Waals surface area (Å²) in [4.78, 5) is 28.2. The van der Waals surface area contributed by atoms with Gasteiger partial charge in [0.15, 0.2) is 0 Å². The lowest BCUT2D eigenvalue weighted by molar-refractivity contribution is -0.139. The number of hydrogen-bond acceptors (Lipinski definition) is 5. The average Bonchev–Trinajstić information content (AvgIpc) is 3.40. The first-order valence-corrected chi connectivity index (χ1v) is 6.98. The van der Waals surface area contributed by atoms with Gasteiger partial charge in [-0.3, -0.25) is 4.79 Å². The quantitative estimate of drug-likeness (QED) is 0.183. The standard InChI is InChI=1S/C15H17N3O5/c1-21-11-5-3-10(4-6-11)18(8-7-12-9-23-12)14(19)13(17-16)15(20)22-2/h3-6,12H,7-9H2,1-2H3/t12-/m0/s1. The van der Waals surface area contributed by atoms with E-state index >= 15 is 0 Å². The van der Waals surface area contributed by atoms with E-state index in [1.165, 1.54) is 12.0 Å². The first-order chi connectivity index (χ1) is 11.1. The molecule has 2 rings (SSSR count). The molecular formula is C15H17N3O5. The topological polar surface area (TPSA) is 105 Å². The fourth-order valence-electron chi connectivity index (χ4n) is 2.01. The average molecular weight is 319 g/mol. The van der Waals surface area contributed by atoms with Crippen LogP contribution in [0.4, 0.5) is 5.69 Å². The van der Waals surface area contributed by atoms with Crippen LogP contribution in [-0.4, -0.2) is 55.9 Å². The highest BCUT2D eigenvalue weighted by Crippen LogP contribution is 2.22. The van der Waals surface area contributed by atoms with Crippen molar-refractivity contribution in [2.24, 2.45) is 0 Å². The lowest BCUT2D eigenvalue weighted by Gasteiger charge is -2.20. The largest absolute Gasteiger partial charge is 0.497 e. The lowest BCUT2D eigenvalue weighted by Crippen LogP contribution is -2.42. The zero-order chi connectivity index (χ0) is 16.8. The number of nitrogens with zero attached hydrogens (tertiary/aromatic N) is 3. The van der Waals surface area contributed by atoms with Crippen LogP contribution < -0.4 is 9.64 Å². The second kappa shape index (κ2) is 7.53. The molecule has 1 heterocycles. The Balaban J connectivity index is 2.25. The molecule has 1 atom stereocenters. The van der Waals surface area contributed by atoms with Crippen molar-refractivity contribution in [3.05, 3.63) is 29.8 Å². The van der Waals surface area contributed by atoms with E-state index in [-0.39, 0.29) is 6.10 Å². The molecule has 1 amide bonds. The minimum atomic E-state index is -1.00. The molecule has 1 aliphatic heterocycles. The van der Waals surface area contributed by atoms with Crippen LogP contribution in [0, 0.1) is 0 Å². The molecule has 122 valence electrons. The molecular weight excluding hydrogens is 302 g/mol. The van der Waals surface area contributed by atoms with E-state index in [2.05, 4.69) is 9.53 Å². The van der Waals surface area contributed by atoms with Gasteiger partial charge in [0.05, 0.1) is 26.9 Å². The predicted molar refractivity (Wildman–Crippen MR) is 80.3 cm³/mol. The van der Waals surface area contributed by atoms with Crippen LogP contribution in [0.5, 0.6) is 5.75 Å². The molecule has 1 aromatic carbocycles. The van der Waals surface area contributed by atoms with Gasteiger partial charge in [0.25, 0.3) is 0 Å². The van der Waals surface area contributed by atoms with Crippen molar-refractivity contribution < 1.29 is 28.6 Å². The van der Waals surface area contributed by atoms with E-state index in [0.29, 0.717) is 31.0 Å². The van der Waals surface area contributed by atoms with Gasteiger partial charge in [-0.25, -0.2) is 4.79 Å². The van der Waals surface area contributed by atoms with Gasteiger partial charge in [-0.1, -0.05) is 0 Å². The zero-order valence-electron chi connectivity index (χ0n) is 12.9. The normalized spacial score (nSPS) is 15.3. The van der Waals surface area contributed by atoms with Crippen molar-refractivity contribution >= 4 is 23.3 Å². The van der Waals surface area contributed by atoms with Gasteiger partial charge in [0, 0.05) is 12.2 Å². The van der Waals surface area contributed by atoms with Gasteiger partial charge in [0.2, 0.25) is 0 Å². The Kier molecular flexibility index (Phi) is 5.46. The number of anilines is 1. The second-order valence-electron chi connectivity index (χ2n) is 4.84. The number of carbonyl (C=O) groups is 2. The molecule has 0 N–H and O–H groups in total. The van der Waals surface area contributed by atoms with Gasteiger partial charge < -0.3 is 24.6 Å². The summed E-state index contributed by atoms with van der Waals surface area (Å²) in [5.41, 5.74) is 8.82. The lowest BCUT2D eigenvalue weighted by atomic mass is 10.2. The van der Waals surface area contributed by atoms with Crippen LogP contribution in [-0.2, 0) is 19.1 Å². The third-order valence-corrected chi connectivity index (χ3v) is 3.39. The van der Waals surface area contributed by atoms with Crippen molar-refractivity contribution in [1.29, 1.82) is 0 Å².